The van der Waals surface area contributed by atoms with Crippen molar-refractivity contribution in [1.29, 1.82) is 0 Å². The van der Waals surface area contributed by atoms with Crippen molar-refractivity contribution in [3.63, 3.8) is 0 Å². The molecule has 0 saturated carbocycles. The highest BCUT2D eigenvalue weighted by molar-refractivity contribution is 6.07. The third kappa shape index (κ3) is 3.91. The number of hydrogen-bond acceptors (Lipinski definition) is 4. The third-order valence-electron chi connectivity index (χ3n) is 4.89. The van der Waals surface area contributed by atoms with Crippen molar-refractivity contribution in [2.45, 2.75) is 19.3 Å². The lowest BCUT2D eigenvalue weighted by atomic mass is 9.90. The van der Waals surface area contributed by atoms with Crippen LogP contribution in [0.3, 0.4) is 0 Å². The molecular weight excluding hydrogens is 368 g/mol. The molecule has 0 unspecified atom stereocenters. The zero-order chi connectivity index (χ0) is 20.4. The second-order valence-electron chi connectivity index (χ2n) is 6.89. The second-order valence-corrected chi connectivity index (χ2v) is 6.89. The first-order valence-corrected chi connectivity index (χ1v) is 9.30. The number of amides is 1. The van der Waals surface area contributed by atoms with Gasteiger partial charge in [0.2, 0.25) is 5.96 Å². The molecule has 6 N–H and O–H groups in total. The topological polar surface area (TPSA) is 131 Å². The number of nitrogens with zero attached hydrogens (tertiary/aromatic N) is 2. The number of aromatic nitrogens is 1. The maximum absolute atomic E-state index is 12.7. The molecule has 8 nitrogen and oxygen atoms in total. The Morgan fingerprint density at radius 1 is 1.14 bits per heavy atom. The number of carbonyl (C=O) groups excluding carboxylic acids is 1. The number of aryl methyl sites for hydroxylation is 1. The van der Waals surface area contributed by atoms with Gasteiger partial charge in [-0.05, 0) is 61.2 Å². The van der Waals surface area contributed by atoms with E-state index in [1.54, 1.807) is 7.11 Å². The number of ether oxygens (including phenoxy) is 1. The minimum atomic E-state index is -0.203. The number of benzene rings is 2. The van der Waals surface area contributed by atoms with Gasteiger partial charge in [-0.1, -0.05) is 6.07 Å². The van der Waals surface area contributed by atoms with E-state index in [0.29, 0.717) is 5.69 Å². The van der Waals surface area contributed by atoms with Crippen LogP contribution < -0.4 is 21.5 Å². The molecule has 0 atom stereocenters. The fourth-order valence-electron chi connectivity index (χ4n) is 3.52. The van der Waals surface area contributed by atoms with Crippen LogP contribution in [0.1, 0.15) is 34.5 Å². The van der Waals surface area contributed by atoms with Gasteiger partial charge in [-0.2, -0.15) is 5.10 Å². The number of H-pyrrole nitrogens is 1. The first-order chi connectivity index (χ1) is 14.0. The highest BCUT2D eigenvalue weighted by atomic mass is 16.5. The maximum Gasteiger partial charge on any atom is 0.272 e. The molecule has 1 aromatic heterocycles. The van der Waals surface area contributed by atoms with Crippen molar-refractivity contribution < 1.29 is 9.53 Å². The SMILES string of the molecule is COc1ccc2[nH]c(C(=O)Nc3ccc4c(c3)CCC/C4=N\N=C(N)N)cc2c1. The molecule has 0 spiro atoms. The average Bonchev–Trinajstić information content (AvgIpc) is 3.15. The summed E-state index contributed by atoms with van der Waals surface area (Å²) < 4.78 is 5.23. The lowest BCUT2D eigenvalue weighted by molar-refractivity contribution is 0.102. The van der Waals surface area contributed by atoms with Crippen molar-refractivity contribution in [3.05, 3.63) is 59.3 Å². The zero-order valence-corrected chi connectivity index (χ0v) is 16.0. The van der Waals surface area contributed by atoms with E-state index >= 15 is 0 Å². The average molecular weight is 390 g/mol. The van der Waals surface area contributed by atoms with E-state index in [1.807, 2.05) is 42.5 Å². The summed E-state index contributed by atoms with van der Waals surface area (Å²) in [4.78, 5) is 15.8. The highest BCUT2D eigenvalue weighted by Crippen LogP contribution is 2.26. The summed E-state index contributed by atoms with van der Waals surface area (Å²) in [6.07, 6.45) is 2.67. The molecule has 8 heteroatoms. The number of nitrogens with two attached hydrogens (primary N) is 2. The molecule has 0 radical (unpaired) electrons. The van der Waals surface area contributed by atoms with Gasteiger partial charge in [-0.25, -0.2) is 0 Å². The van der Waals surface area contributed by atoms with Crippen LogP contribution in [0.15, 0.2) is 52.7 Å². The standard InChI is InChI=1S/C21H22N6O2/c1-29-15-6-8-17-13(10-15)11-19(25-17)20(28)24-14-5-7-16-12(9-14)3-2-4-18(16)26-27-21(22)23/h5-11,25H,2-4H2,1H3,(H,24,28)(H4,22,23,27)/b26-18+. The molecule has 0 aliphatic heterocycles. The molecule has 0 saturated heterocycles. The number of aromatic amines is 1. The molecule has 1 amide bonds. The lowest BCUT2D eigenvalue weighted by Gasteiger charge is -2.18. The van der Waals surface area contributed by atoms with Crippen LogP contribution in [-0.2, 0) is 6.42 Å². The van der Waals surface area contributed by atoms with Crippen molar-refractivity contribution in [1.82, 2.24) is 4.98 Å². The number of anilines is 1. The Hall–Kier alpha value is -3.81. The Morgan fingerprint density at radius 2 is 2.00 bits per heavy atom. The summed E-state index contributed by atoms with van der Waals surface area (Å²) in [7, 11) is 1.62. The molecule has 0 bridgehead atoms. The predicted octanol–water partition coefficient (Wildman–Crippen LogP) is 2.74. The molecule has 1 aliphatic carbocycles. The van der Waals surface area contributed by atoms with Crippen LogP contribution in [0.2, 0.25) is 0 Å². The van der Waals surface area contributed by atoms with E-state index in [9.17, 15) is 4.79 Å². The number of nitrogens with one attached hydrogen (secondary N) is 2. The van der Waals surface area contributed by atoms with Gasteiger partial charge >= 0.3 is 0 Å². The molecule has 29 heavy (non-hydrogen) atoms. The fraction of sp³-hybridized carbons (Fsp3) is 0.190. The number of carbonyl (C=O) groups is 1. The number of fused-ring (bicyclic) bond motifs is 2. The van der Waals surface area contributed by atoms with Crippen molar-refractivity contribution in [2.75, 3.05) is 12.4 Å². The second kappa shape index (κ2) is 7.67. The van der Waals surface area contributed by atoms with Crippen molar-refractivity contribution >= 4 is 34.2 Å². The first-order valence-electron chi connectivity index (χ1n) is 9.30. The molecule has 1 heterocycles. The van der Waals surface area contributed by atoms with E-state index in [0.717, 1.165) is 58.4 Å². The van der Waals surface area contributed by atoms with Crippen LogP contribution in [0.5, 0.6) is 5.75 Å². The normalized spacial score (nSPS) is 14.4. The van der Waals surface area contributed by atoms with E-state index in [1.165, 1.54) is 0 Å². The summed E-state index contributed by atoms with van der Waals surface area (Å²) in [6, 6.07) is 13.2. The van der Waals surface area contributed by atoms with Crippen LogP contribution >= 0.6 is 0 Å². The Balaban J connectivity index is 1.56. The quantitative estimate of drug-likeness (QED) is 0.310. The van der Waals surface area contributed by atoms with Crippen molar-refractivity contribution in [3.8, 4) is 5.75 Å². The Morgan fingerprint density at radius 3 is 2.79 bits per heavy atom. The van der Waals surface area contributed by atoms with Gasteiger partial charge in [0.25, 0.3) is 5.91 Å². The summed E-state index contributed by atoms with van der Waals surface area (Å²) in [5, 5.41) is 11.8. The molecule has 4 rings (SSSR count). The van der Waals surface area contributed by atoms with Gasteiger partial charge in [-0.3, -0.25) is 4.79 Å². The molecule has 1 aliphatic rings. The molecular formula is C21H22N6O2. The summed E-state index contributed by atoms with van der Waals surface area (Å²) in [5.74, 6) is 0.478. The van der Waals surface area contributed by atoms with E-state index in [2.05, 4.69) is 20.5 Å². The number of methoxy groups -OCH3 is 1. The number of rotatable bonds is 4. The highest BCUT2D eigenvalue weighted by Gasteiger charge is 2.17. The third-order valence-corrected chi connectivity index (χ3v) is 4.89. The lowest BCUT2D eigenvalue weighted by Crippen LogP contribution is -2.22. The molecule has 2 aromatic carbocycles. The van der Waals surface area contributed by atoms with Crippen molar-refractivity contribution in [2.24, 2.45) is 21.7 Å². The molecule has 0 fully saturated rings. The van der Waals surface area contributed by atoms with Crippen LogP contribution in [-0.4, -0.2) is 29.7 Å². The smallest absolute Gasteiger partial charge is 0.272 e. The van der Waals surface area contributed by atoms with Gasteiger partial charge in [0.1, 0.15) is 11.4 Å². The summed E-state index contributed by atoms with van der Waals surface area (Å²) >= 11 is 0. The van der Waals surface area contributed by atoms with Gasteiger partial charge < -0.3 is 26.5 Å². The zero-order valence-electron chi connectivity index (χ0n) is 16.0. The van der Waals surface area contributed by atoms with Crippen LogP contribution in [0.4, 0.5) is 5.69 Å². The first kappa shape index (κ1) is 18.5. The van der Waals surface area contributed by atoms with E-state index in [4.69, 9.17) is 16.2 Å². The summed E-state index contributed by atoms with van der Waals surface area (Å²) in [6.45, 7) is 0. The summed E-state index contributed by atoms with van der Waals surface area (Å²) in [5.41, 5.74) is 15.8. The Bertz CT molecular complexity index is 1140. The van der Waals surface area contributed by atoms with Crippen LogP contribution in [0.25, 0.3) is 10.9 Å². The van der Waals surface area contributed by atoms with E-state index in [-0.39, 0.29) is 11.9 Å². The minimum absolute atomic E-state index is 0.0653. The van der Waals surface area contributed by atoms with Gasteiger partial charge in [0, 0.05) is 22.2 Å². The van der Waals surface area contributed by atoms with Gasteiger partial charge in [0.15, 0.2) is 0 Å². The molecule has 3 aromatic rings. The predicted molar refractivity (Wildman–Crippen MR) is 115 cm³/mol. The van der Waals surface area contributed by atoms with E-state index < -0.39 is 0 Å². The van der Waals surface area contributed by atoms with Gasteiger partial charge in [0.05, 0.1) is 12.8 Å². The van der Waals surface area contributed by atoms with Gasteiger partial charge in [-0.15, -0.1) is 5.10 Å². The molecule has 148 valence electrons. The maximum atomic E-state index is 12.7. The monoisotopic (exact) mass is 390 g/mol. The number of hydrogen-bond donors (Lipinski definition) is 4. The Kier molecular flexibility index (Phi) is 4.90. The fourth-order valence-corrected chi connectivity index (χ4v) is 3.52. The van der Waals surface area contributed by atoms with Crippen LogP contribution in [0, 0.1) is 0 Å². The number of guanidine groups is 1. The minimum Gasteiger partial charge on any atom is -0.497 e. The largest absolute Gasteiger partial charge is 0.497 e. The Labute approximate surface area is 167 Å².